The Morgan fingerprint density at radius 3 is 2.62 bits per heavy atom. The van der Waals surface area contributed by atoms with Crippen LogP contribution in [-0.2, 0) is 0 Å². The number of rotatable bonds is 4. The molecule has 1 aromatic heterocycles. The number of hydrogen-bond acceptors (Lipinski definition) is 5. The van der Waals surface area contributed by atoms with Gasteiger partial charge in [-0.1, -0.05) is 20.8 Å². The van der Waals surface area contributed by atoms with Gasteiger partial charge in [-0.05, 0) is 30.4 Å². The van der Waals surface area contributed by atoms with E-state index < -0.39 is 0 Å². The Hall–Kier alpha value is -0.940. The van der Waals surface area contributed by atoms with Gasteiger partial charge in [0.1, 0.15) is 6.33 Å². The normalized spacial score (nSPS) is 13.6. The number of aromatic nitrogens is 3. The smallest absolute Gasteiger partial charge is 0.241 e. The molecule has 0 radical (unpaired) electrons. The highest BCUT2D eigenvalue weighted by atomic mass is 35.5. The quantitative estimate of drug-likeness (QED) is 0.795. The Morgan fingerprint density at radius 2 is 2.06 bits per heavy atom. The number of nitrogens with one attached hydrogen (secondary N) is 2. The lowest BCUT2D eigenvalue weighted by Gasteiger charge is -2.24. The van der Waals surface area contributed by atoms with E-state index in [1.54, 1.807) is 0 Å². The second-order valence-corrected chi connectivity index (χ2v) is 5.35. The minimum Gasteiger partial charge on any atom is -0.289 e. The molecule has 90 valence electrons. The van der Waals surface area contributed by atoms with E-state index in [-0.39, 0.29) is 10.7 Å². The van der Waals surface area contributed by atoms with Crippen molar-refractivity contribution in [1.82, 2.24) is 20.4 Å². The van der Waals surface area contributed by atoms with Crippen molar-refractivity contribution in [3.8, 4) is 0 Å². The molecule has 6 heteroatoms. The molecular formula is C10H18ClN5. The van der Waals surface area contributed by atoms with Crippen molar-refractivity contribution < 1.29 is 0 Å². The third kappa shape index (κ3) is 5.23. The molecule has 1 rings (SSSR count). The summed E-state index contributed by atoms with van der Waals surface area (Å²) >= 11 is 5.64. The van der Waals surface area contributed by atoms with Gasteiger partial charge >= 0.3 is 0 Å². The highest BCUT2D eigenvalue weighted by Gasteiger charge is 2.14. The van der Waals surface area contributed by atoms with Crippen LogP contribution in [0.5, 0.6) is 0 Å². The Kier molecular flexibility index (Phi) is 4.44. The molecule has 0 aromatic carbocycles. The van der Waals surface area contributed by atoms with Crippen LogP contribution in [0.15, 0.2) is 6.33 Å². The highest BCUT2D eigenvalue weighted by molar-refractivity contribution is 6.28. The first-order valence-corrected chi connectivity index (χ1v) is 5.61. The van der Waals surface area contributed by atoms with Crippen LogP contribution in [0.25, 0.3) is 0 Å². The average Bonchev–Trinajstić information content (AvgIpc) is 2.12. The summed E-state index contributed by atoms with van der Waals surface area (Å²) in [6.07, 6.45) is 2.41. The zero-order valence-electron chi connectivity index (χ0n) is 10.1. The van der Waals surface area contributed by atoms with Crippen molar-refractivity contribution in [2.24, 2.45) is 5.41 Å². The molecule has 0 bridgehead atoms. The van der Waals surface area contributed by atoms with Gasteiger partial charge in [0.2, 0.25) is 11.2 Å². The molecule has 0 aliphatic rings. The maximum Gasteiger partial charge on any atom is 0.241 e. The monoisotopic (exact) mass is 243 g/mol. The molecule has 0 saturated carbocycles. The van der Waals surface area contributed by atoms with E-state index in [9.17, 15) is 0 Å². The van der Waals surface area contributed by atoms with Crippen molar-refractivity contribution in [2.45, 2.75) is 40.2 Å². The molecule has 1 heterocycles. The molecule has 5 nitrogen and oxygen atoms in total. The predicted molar refractivity (Wildman–Crippen MR) is 65.1 cm³/mol. The summed E-state index contributed by atoms with van der Waals surface area (Å²) < 4.78 is 0. The van der Waals surface area contributed by atoms with Crippen LogP contribution in [0.3, 0.4) is 0 Å². The summed E-state index contributed by atoms with van der Waals surface area (Å²) in [5.74, 6) is 0.431. The van der Waals surface area contributed by atoms with E-state index >= 15 is 0 Å². The first-order chi connectivity index (χ1) is 7.37. The van der Waals surface area contributed by atoms with E-state index in [4.69, 9.17) is 11.6 Å². The van der Waals surface area contributed by atoms with Crippen LogP contribution in [0.2, 0.25) is 5.28 Å². The molecule has 0 aliphatic carbocycles. The molecule has 16 heavy (non-hydrogen) atoms. The second kappa shape index (κ2) is 5.41. The van der Waals surface area contributed by atoms with Gasteiger partial charge in [0, 0.05) is 6.04 Å². The van der Waals surface area contributed by atoms with E-state index in [0.717, 1.165) is 6.42 Å². The first kappa shape index (κ1) is 13.1. The predicted octanol–water partition coefficient (Wildman–Crippen LogP) is 2.27. The third-order valence-corrected chi connectivity index (χ3v) is 2.07. The average molecular weight is 244 g/mol. The van der Waals surface area contributed by atoms with Crippen LogP contribution in [0.4, 0.5) is 5.95 Å². The fraction of sp³-hybridized carbons (Fsp3) is 0.700. The molecule has 1 atom stereocenters. The molecule has 0 spiro atoms. The largest absolute Gasteiger partial charge is 0.289 e. The standard InChI is InChI=1S/C10H18ClN5/c1-7(5-10(2,3)4)15-16-9-13-6-12-8(11)14-9/h6-7,15H,5H2,1-4H3,(H,12,13,14,16). The highest BCUT2D eigenvalue weighted by Crippen LogP contribution is 2.20. The first-order valence-electron chi connectivity index (χ1n) is 5.23. The fourth-order valence-corrected chi connectivity index (χ4v) is 1.62. The summed E-state index contributed by atoms with van der Waals surface area (Å²) in [4.78, 5) is 11.5. The summed E-state index contributed by atoms with van der Waals surface area (Å²) in [5, 5.41) is 0.183. The molecule has 0 fully saturated rings. The number of halogens is 1. The lowest BCUT2D eigenvalue weighted by Crippen LogP contribution is -2.35. The topological polar surface area (TPSA) is 62.7 Å². The van der Waals surface area contributed by atoms with Crippen molar-refractivity contribution in [3.63, 3.8) is 0 Å². The third-order valence-electron chi connectivity index (χ3n) is 1.89. The Bertz CT molecular complexity index is 336. The zero-order valence-corrected chi connectivity index (χ0v) is 10.8. The van der Waals surface area contributed by atoms with Gasteiger partial charge in [0.15, 0.2) is 0 Å². The second-order valence-electron chi connectivity index (χ2n) is 5.01. The molecule has 1 unspecified atom stereocenters. The van der Waals surface area contributed by atoms with Gasteiger partial charge in [0.05, 0.1) is 0 Å². The van der Waals surface area contributed by atoms with Gasteiger partial charge in [-0.2, -0.15) is 4.98 Å². The summed E-state index contributed by atoms with van der Waals surface area (Å²) in [6, 6.07) is 0.315. The van der Waals surface area contributed by atoms with Crippen LogP contribution in [0.1, 0.15) is 34.1 Å². The Morgan fingerprint density at radius 1 is 1.38 bits per heavy atom. The van der Waals surface area contributed by atoms with Gasteiger partial charge in [-0.25, -0.2) is 15.4 Å². The summed E-state index contributed by atoms with van der Waals surface area (Å²) in [7, 11) is 0. The van der Waals surface area contributed by atoms with Crippen molar-refractivity contribution in [3.05, 3.63) is 11.6 Å². The van der Waals surface area contributed by atoms with Crippen LogP contribution >= 0.6 is 11.6 Å². The molecular weight excluding hydrogens is 226 g/mol. The van der Waals surface area contributed by atoms with Gasteiger partial charge in [-0.15, -0.1) is 0 Å². The number of nitrogens with zero attached hydrogens (tertiary/aromatic N) is 3. The Balaban J connectivity index is 2.40. The summed E-state index contributed by atoms with van der Waals surface area (Å²) in [6.45, 7) is 8.70. The van der Waals surface area contributed by atoms with Crippen LogP contribution < -0.4 is 10.9 Å². The SMILES string of the molecule is CC(CC(C)(C)C)NNc1ncnc(Cl)n1. The minimum absolute atomic E-state index is 0.183. The van der Waals surface area contributed by atoms with Crippen LogP contribution in [0, 0.1) is 5.41 Å². The van der Waals surface area contributed by atoms with Crippen molar-refractivity contribution in [2.75, 3.05) is 5.43 Å². The lowest BCUT2D eigenvalue weighted by atomic mass is 9.89. The number of anilines is 1. The molecule has 0 saturated heterocycles. The number of hydrazine groups is 1. The summed E-state index contributed by atoms with van der Waals surface area (Å²) in [5.41, 5.74) is 6.31. The lowest BCUT2D eigenvalue weighted by molar-refractivity contribution is 0.327. The Labute approximate surface area is 101 Å². The molecule has 1 aromatic rings. The maximum absolute atomic E-state index is 5.64. The van der Waals surface area contributed by atoms with E-state index in [2.05, 4.69) is 53.5 Å². The maximum atomic E-state index is 5.64. The van der Waals surface area contributed by atoms with Gasteiger partial charge < -0.3 is 0 Å². The number of hydrogen-bond donors (Lipinski definition) is 2. The molecule has 0 aliphatic heterocycles. The van der Waals surface area contributed by atoms with E-state index in [1.165, 1.54) is 6.33 Å². The van der Waals surface area contributed by atoms with Gasteiger partial charge in [0.25, 0.3) is 0 Å². The molecule has 2 N–H and O–H groups in total. The van der Waals surface area contributed by atoms with Crippen molar-refractivity contribution in [1.29, 1.82) is 0 Å². The van der Waals surface area contributed by atoms with Crippen LogP contribution in [-0.4, -0.2) is 21.0 Å². The molecule has 0 amide bonds. The van der Waals surface area contributed by atoms with E-state index in [0.29, 0.717) is 12.0 Å². The zero-order chi connectivity index (χ0) is 12.2. The fourth-order valence-electron chi connectivity index (χ4n) is 1.49. The van der Waals surface area contributed by atoms with Crippen molar-refractivity contribution >= 4 is 17.5 Å². The van der Waals surface area contributed by atoms with E-state index in [1.807, 2.05) is 0 Å². The minimum atomic E-state index is 0.183. The van der Waals surface area contributed by atoms with Gasteiger partial charge in [-0.3, -0.25) is 5.43 Å².